The summed E-state index contributed by atoms with van der Waals surface area (Å²) in [5.74, 6) is 0.267. The van der Waals surface area contributed by atoms with E-state index in [4.69, 9.17) is 0 Å². The number of benzene rings is 2. The summed E-state index contributed by atoms with van der Waals surface area (Å²) < 4.78 is 14.0. The lowest BCUT2D eigenvalue weighted by Gasteiger charge is -2.29. The van der Waals surface area contributed by atoms with Gasteiger partial charge in [-0.3, -0.25) is 0 Å². The van der Waals surface area contributed by atoms with Crippen LogP contribution in [0.4, 0.5) is 0 Å². The molecule has 3 heteroatoms. The van der Waals surface area contributed by atoms with E-state index in [0.717, 1.165) is 22.6 Å². The Hall–Kier alpha value is -1.89. The van der Waals surface area contributed by atoms with E-state index in [2.05, 4.69) is 19.6 Å². The van der Waals surface area contributed by atoms with Gasteiger partial charge in [-0.1, -0.05) is 85.8 Å². The molecule has 1 N–H and O–H groups in total. The fraction of sp³-hybridized carbons (Fsp3) is 0.273. The van der Waals surface area contributed by atoms with Crippen molar-refractivity contribution < 1.29 is 9.67 Å². The van der Waals surface area contributed by atoms with Gasteiger partial charge in [0, 0.05) is 16.8 Å². The summed E-state index contributed by atoms with van der Waals surface area (Å²) in [5.41, 5.74) is 2.09. The minimum absolute atomic E-state index is 0.267. The Morgan fingerprint density at radius 1 is 1.04 bits per heavy atom. The molecule has 0 spiro atoms. The second-order valence-electron chi connectivity index (χ2n) is 6.86. The van der Waals surface area contributed by atoms with Crippen LogP contribution in [-0.4, -0.2) is 17.4 Å². The predicted octanol–water partition coefficient (Wildman–Crippen LogP) is 4.27. The lowest BCUT2D eigenvalue weighted by molar-refractivity contribution is 0.185. The standard InChI is InChI=1S/C22H25O2P/c1-17-15-19(16-22(23)18(17)2)13-14-25(24,20-9-5-3-6-10-20)21-11-7-4-8-12-21/h3-13,17,22-23H,2,14-16H2,1H3/b19-13-/t17-,22-/m1/s1. The van der Waals surface area contributed by atoms with Gasteiger partial charge in [0.15, 0.2) is 0 Å². The summed E-state index contributed by atoms with van der Waals surface area (Å²) in [7, 11) is -2.73. The van der Waals surface area contributed by atoms with Crippen LogP contribution >= 0.6 is 7.14 Å². The third-order valence-corrected chi connectivity index (χ3v) is 8.03. The quantitative estimate of drug-likeness (QED) is 0.659. The maximum Gasteiger partial charge on any atom is 0.146 e. The van der Waals surface area contributed by atoms with E-state index in [1.807, 2.05) is 60.7 Å². The molecule has 130 valence electrons. The summed E-state index contributed by atoms with van der Waals surface area (Å²) in [6.45, 7) is 6.07. The molecule has 1 aliphatic rings. The molecule has 0 aromatic heterocycles. The van der Waals surface area contributed by atoms with Crippen molar-refractivity contribution >= 4 is 17.8 Å². The number of aliphatic hydroxyl groups is 1. The Balaban J connectivity index is 1.93. The highest BCUT2D eigenvalue weighted by atomic mass is 31.2. The fourth-order valence-corrected chi connectivity index (χ4v) is 5.98. The van der Waals surface area contributed by atoms with Gasteiger partial charge in [-0.25, -0.2) is 0 Å². The Labute approximate surface area is 150 Å². The van der Waals surface area contributed by atoms with Crippen molar-refractivity contribution in [2.24, 2.45) is 5.92 Å². The van der Waals surface area contributed by atoms with Crippen LogP contribution in [0.25, 0.3) is 0 Å². The number of aliphatic hydroxyl groups excluding tert-OH is 1. The SMILES string of the molecule is C=C1[C@H](C)C/C(=C/CP(=O)(c2ccccc2)c2ccccc2)C[C@H]1O. The van der Waals surface area contributed by atoms with E-state index in [1.165, 1.54) is 5.57 Å². The van der Waals surface area contributed by atoms with Crippen molar-refractivity contribution in [3.63, 3.8) is 0 Å². The Kier molecular flexibility index (Phi) is 5.42. The normalized spacial score (nSPS) is 23.0. The first-order valence-corrected chi connectivity index (χ1v) is 10.6. The first kappa shape index (κ1) is 17.9. The Morgan fingerprint density at radius 2 is 1.56 bits per heavy atom. The Bertz CT molecular complexity index is 749. The van der Waals surface area contributed by atoms with Crippen LogP contribution in [0.15, 0.2) is 84.5 Å². The van der Waals surface area contributed by atoms with Crippen LogP contribution in [0.2, 0.25) is 0 Å². The zero-order chi connectivity index (χ0) is 17.9. The molecule has 2 atom stereocenters. The van der Waals surface area contributed by atoms with Crippen molar-refractivity contribution in [2.45, 2.75) is 25.9 Å². The van der Waals surface area contributed by atoms with Crippen LogP contribution in [0.5, 0.6) is 0 Å². The average molecular weight is 352 g/mol. The molecular formula is C22H25O2P. The number of rotatable bonds is 4. The molecule has 1 saturated carbocycles. The third-order valence-electron chi connectivity index (χ3n) is 5.07. The minimum Gasteiger partial charge on any atom is -0.388 e. The molecule has 0 aliphatic heterocycles. The van der Waals surface area contributed by atoms with Crippen LogP contribution in [-0.2, 0) is 4.57 Å². The zero-order valence-electron chi connectivity index (χ0n) is 14.6. The highest BCUT2D eigenvalue weighted by Crippen LogP contribution is 2.44. The smallest absolute Gasteiger partial charge is 0.146 e. The topological polar surface area (TPSA) is 37.3 Å². The van der Waals surface area contributed by atoms with Gasteiger partial charge in [0.2, 0.25) is 0 Å². The van der Waals surface area contributed by atoms with Gasteiger partial charge in [0.1, 0.15) is 7.14 Å². The Morgan fingerprint density at radius 3 is 2.04 bits per heavy atom. The van der Waals surface area contributed by atoms with E-state index in [1.54, 1.807) is 0 Å². The molecule has 1 aliphatic carbocycles. The fourth-order valence-electron chi connectivity index (χ4n) is 3.44. The lowest BCUT2D eigenvalue weighted by atomic mass is 9.81. The lowest BCUT2D eigenvalue weighted by Crippen LogP contribution is -2.23. The van der Waals surface area contributed by atoms with Gasteiger partial charge in [-0.2, -0.15) is 0 Å². The molecule has 3 rings (SSSR count). The molecule has 2 aromatic rings. The van der Waals surface area contributed by atoms with Crippen molar-refractivity contribution in [3.8, 4) is 0 Å². The van der Waals surface area contributed by atoms with Crippen molar-refractivity contribution in [1.29, 1.82) is 0 Å². The second-order valence-corrected chi connectivity index (χ2v) is 9.73. The van der Waals surface area contributed by atoms with E-state index < -0.39 is 13.2 Å². The van der Waals surface area contributed by atoms with Crippen molar-refractivity contribution in [2.75, 3.05) is 6.16 Å². The van der Waals surface area contributed by atoms with Crippen LogP contribution in [0.1, 0.15) is 19.8 Å². The number of hydrogen-bond donors (Lipinski definition) is 1. The largest absolute Gasteiger partial charge is 0.388 e. The highest BCUT2D eigenvalue weighted by Gasteiger charge is 2.28. The number of hydrogen-bond acceptors (Lipinski definition) is 2. The molecule has 0 heterocycles. The summed E-state index contributed by atoms with van der Waals surface area (Å²) >= 11 is 0. The molecule has 25 heavy (non-hydrogen) atoms. The van der Waals surface area contributed by atoms with Crippen LogP contribution in [0, 0.1) is 5.92 Å². The molecular weight excluding hydrogens is 327 g/mol. The van der Waals surface area contributed by atoms with Gasteiger partial charge in [-0.05, 0) is 24.3 Å². The predicted molar refractivity (Wildman–Crippen MR) is 106 cm³/mol. The van der Waals surface area contributed by atoms with Crippen LogP contribution in [0.3, 0.4) is 0 Å². The van der Waals surface area contributed by atoms with Crippen molar-refractivity contribution in [3.05, 3.63) is 84.5 Å². The van der Waals surface area contributed by atoms with Gasteiger partial charge < -0.3 is 9.67 Å². The second kappa shape index (κ2) is 7.56. The third kappa shape index (κ3) is 3.86. The van der Waals surface area contributed by atoms with Gasteiger partial charge in [0.05, 0.1) is 6.10 Å². The molecule has 0 bridgehead atoms. The molecule has 1 fully saturated rings. The summed E-state index contributed by atoms with van der Waals surface area (Å²) in [4.78, 5) is 0. The first-order chi connectivity index (χ1) is 12.0. The maximum absolute atomic E-state index is 14.0. The van der Waals surface area contributed by atoms with E-state index in [9.17, 15) is 9.67 Å². The molecule has 0 saturated heterocycles. The van der Waals surface area contributed by atoms with E-state index >= 15 is 0 Å². The van der Waals surface area contributed by atoms with Gasteiger partial charge in [-0.15, -0.1) is 0 Å². The summed E-state index contributed by atoms with van der Waals surface area (Å²) in [6.07, 6.45) is 3.59. The van der Waals surface area contributed by atoms with E-state index in [-0.39, 0.29) is 5.92 Å². The first-order valence-electron chi connectivity index (χ1n) is 8.75. The summed E-state index contributed by atoms with van der Waals surface area (Å²) in [5, 5.41) is 11.9. The minimum atomic E-state index is -2.73. The van der Waals surface area contributed by atoms with Gasteiger partial charge >= 0.3 is 0 Å². The van der Waals surface area contributed by atoms with Gasteiger partial charge in [0.25, 0.3) is 0 Å². The molecule has 2 aromatic carbocycles. The van der Waals surface area contributed by atoms with Crippen LogP contribution < -0.4 is 10.6 Å². The highest BCUT2D eigenvalue weighted by molar-refractivity contribution is 7.78. The zero-order valence-corrected chi connectivity index (χ0v) is 15.5. The van der Waals surface area contributed by atoms with Crippen molar-refractivity contribution in [1.82, 2.24) is 0 Å². The van der Waals surface area contributed by atoms with E-state index in [0.29, 0.717) is 12.6 Å². The molecule has 0 unspecified atom stereocenters. The molecule has 2 nitrogen and oxygen atoms in total. The average Bonchev–Trinajstić information content (AvgIpc) is 2.65. The number of allylic oxidation sites excluding steroid dienone is 1. The monoisotopic (exact) mass is 352 g/mol. The summed E-state index contributed by atoms with van der Waals surface area (Å²) in [6, 6.07) is 19.5. The maximum atomic E-state index is 14.0. The molecule has 0 amide bonds. The molecule has 0 radical (unpaired) electrons.